The van der Waals surface area contributed by atoms with Crippen LogP contribution in [0.3, 0.4) is 0 Å². The lowest BCUT2D eigenvalue weighted by Crippen LogP contribution is -2.29. The van der Waals surface area contributed by atoms with E-state index in [0.29, 0.717) is 28.2 Å². The quantitative estimate of drug-likeness (QED) is 0.303. The van der Waals surface area contributed by atoms with Crippen LogP contribution in [0.5, 0.6) is 11.5 Å². The molecule has 2 heterocycles. The average Bonchev–Trinajstić information content (AvgIpc) is 3.40. The van der Waals surface area contributed by atoms with Crippen molar-refractivity contribution in [3.05, 3.63) is 88.4 Å². The first-order valence-electron chi connectivity index (χ1n) is 11.0. The second kappa shape index (κ2) is 9.09. The standard InChI is InChI=1S/C27H27NO6/c1-15(2)20-13-21(16(3)11-22(20)33-4)25(30)23-24(17-7-5-8-18(29)12-17)28(27(32)26(23)31)14-19-9-6-10-34-19/h5-13,15,24,29-30H,14H2,1-4H3/b25-23+. The molecule has 2 N–H and O–H groups in total. The highest BCUT2D eigenvalue weighted by Crippen LogP contribution is 2.42. The topological polar surface area (TPSA) is 100 Å². The normalized spacial score (nSPS) is 17.6. The van der Waals surface area contributed by atoms with Crippen LogP contribution in [0.4, 0.5) is 0 Å². The number of benzene rings is 2. The van der Waals surface area contributed by atoms with Crippen molar-refractivity contribution in [2.75, 3.05) is 7.11 Å². The number of aryl methyl sites for hydroxylation is 1. The van der Waals surface area contributed by atoms with E-state index in [1.165, 1.54) is 23.3 Å². The highest BCUT2D eigenvalue weighted by molar-refractivity contribution is 6.46. The van der Waals surface area contributed by atoms with Gasteiger partial charge < -0.3 is 24.3 Å². The lowest BCUT2D eigenvalue weighted by Gasteiger charge is -2.25. The van der Waals surface area contributed by atoms with Gasteiger partial charge in [0.05, 0.1) is 31.5 Å². The molecule has 1 aromatic heterocycles. The van der Waals surface area contributed by atoms with E-state index in [4.69, 9.17) is 9.15 Å². The molecule has 7 heteroatoms. The maximum Gasteiger partial charge on any atom is 0.296 e. The van der Waals surface area contributed by atoms with Crippen LogP contribution in [-0.2, 0) is 16.1 Å². The Labute approximate surface area is 197 Å². The molecular formula is C27H27NO6. The number of furan rings is 1. The van der Waals surface area contributed by atoms with Crippen molar-refractivity contribution in [2.45, 2.75) is 39.3 Å². The first-order chi connectivity index (χ1) is 16.2. The number of rotatable bonds is 6. The number of carbonyl (C=O) groups is 2. The molecule has 4 rings (SSSR count). The molecule has 0 bridgehead atoms. The highest BCUT2D eigenvalue weighted by atomic mass is 16.5. The second-order valence-electron chi connectivity index (χ2n) is 8.67. The molecule has 2 aromatic carbocycles. The van der Waals surface area contributed by atoms with Gasteiger partial charge in [-0.15, -0.1) is 0 Å². The number of likely N-dealkylation sites (tertiary alicyclic amines) is 1. The molecule has 0 aliphatic carbocycles. The third-order valence-corrected chi connectivity index (χ3v) is 6.09. The van der Waals surface area contributed by atoms with Gasteiger partial charge in [0.1, 0.15) is 23.0 Å². The zero-order valence-corrected chi connectivity index (χ0v) is 19.5. The van der Waals surface area contributed by atoms with Crippen molar-refractivity contribution in [2.24, 2.45) is 0 Å². The summed E-state index contributed by atoms with van der Waals surface area (Å²) in [4.78, 5) is 27.7. The maximum absolute atomic E-state index is 13.3. The molecule has 1 fully saturated rings. The molecule has 176 valence electrons. The van der Waals surface area contributed by atoms with Gasteiger partial charge >= 0.3 is 0 Å². The molecule has 3 aromatic rings. The number of aromatic hydroxyl groups is 1. The number of hydrogen-bond donors (Lipinski definition) is 2. The van der Waals surface area contributed by atoms with E-state index in [1.807, 2.05) is 26.8 Å². The van der Waals surface area contributed by atoms with Crippen molar-refractivity contribution in [3.8, 4) is 11.5 Å². The number of amides is 1. The Hall–Kier alpha value is -4.00. The largest absolute Gasteiger partial charge is 0.508 e. The number of aliphatic hydroxyl groups excluding tert-OH is 1. The summed E-state index contributed by atoms with van der Waals surface area (Å²) >= 11 is 0. The van der Waals surface area contributed by atoms with Crippen molar-refractivity contribution in [1.82, 2.24) is 4.90 Å². The van der Waals surface area contributed by atoms with Gasteiger partial charge in [-0.25, -0.2) is 0 Å². The monoisotopic (exact) mass is 461 g/mol. The van der Waals surface area contributed by atoms with Crippen molar-refractivity contribution in [1.29, 1.82) is 0 Å². The minimum absolute atomic E-state index is 0.0104. The molecule has 0 radical (unpaired) electrons. The summed E-state index contributed by atoms with van der Waals surface area (Å²) in [5, 5.41) is 21.5. The lowest BCUT2D eigenvalue weighted by atomic mass is 9.91. The predicted octanol–water partition coefficient (Wildman–Crippen LogP) is 5.05. The number of carbonyl (C=O) groups excluding carboxylic acids is 2. The minimum atomic E-state index is -0.902. The molecule has 1 amide bonds. The SMILES string of the molecule is COc1cc(C)c(/C(O)=C2\C(=O)C(=O)N(Cc3ccco3)C2c2cccc(O)c2)cc1C(C)C. The fraction of sp³-hybridized carbons (Fsp3) is 0.259. The zero-order valence-electron chi connectivity index (χ0n) is 19.5. The summed E-state index contributed by atoms with van der Waals surface area (Å²) in [5.74, 6) is -0.535. The molecule has 34 heavy (non-hydrogen) atoms. The van der Waals surface area contributed by atoms with E-state index in [9.17, 15) is 19.8 Å². The Kier molecular flexibility index (Phi) is 6.20. The molecule has 1 aliphatic heterocycles. The van der Waals surface area contributed by atoms with Crippen LogP contribution in [0.15, 0.2) is 64.8 Å². The first kappa shape index (κ1) is 23.2. The van der Waals surface area contributed by atoms with Crippen molar-refractivity contribution < 1.29 is 29.0 Å². The highest BCUT2D eigenvalue weighted by Gasteiger charge is 2.46. The van der Waals surface area contributed by atoms with E-state index in [2.05, 4.69) is 0 Å². The Morgan fingerprint density at radius 1 is 1.15 bits per heavy atom. The third kappa shape index (κ3) is 4.05. The number of hydrogen-bond acceptors (Lipinski definition) is 6. The Bertz CT molecular complexity index is 1270. The van der Waals surface area contributed by atoms with Crippen LogP contribution in [-0.4, -0.2) is 33.9 Å². The molecule has 0 spiro atoms. The number of ketones is 1. The number of phenols is 1. The smallest absolute Gasteiger partial charge is 0.296 e. The van der Waals surface area contributed by atoms with Gasteiger partial charge in [0, 0.05) is 5.56 Å². The summed E-state index contributed by atoms with van der Waals surface area (Å²) in [6.07, 6.45) is 1.49. The van der Waals surface area contributed by atoms with E-state index < -0.39 is 17.7 Å². The Balaban J connectivity index is 1.93. The summed E-state index contributed by atoms with van der Waals surface area (Å²) in [7, 11) is 1.59. The fourth-order valence-electron chi connectivity index (χ4n) is 4.38. The first-order valence-corrected chi connectivity index (χ1v) is 11.0. The number of ether oxygens (including phenoxy) is 1. The van der Waals surface area contributed by atoms with E-state index in [-0.39, 0.29) is 29.5 Å². The van der Waals surface area contributed by atoms with Gasteiger partial charge in [0.25, 0.3) is 11.7 Å². The summed E-state index contributed by atoms with van der Waals surface area (Å²) in [6, 6.07) is 12.4. The van der Waals surface area contributed by atoms with E-state index in [1.54, 1.807) is 37.4 Å². The van der Waals surface area contributed by atoms with Crippen LogP contribution < -0.4 is 4.74 Å². The van der Waals surface area contributed by atoms with Crippen LogP contribution >= 0.6 is 0 Å². The maximum atomic E-state index is 13.3. The average molecular weight is 462 g/mol. The molecular weight excluding hydrogens is 434 g/mol. The van der Waals surface area contributed by atoms with Gasteiger partial charge in [-0.05, 0) is 65.9 Å². The summed E-state index contributed by atoms with van der Waals surface area (Å²) in [6.45, 7) is 5.86. The summed E-state index contributed by atoms with van der Waals surface area (Å²) < 4.78 is 10.9. The van der Waals surface area contributed by atoms with Crippen molar-refractivity contribution in [3.63, 3.8) is 0 Å². The van der Waals surface area contributed by atoms with Crippen molar-refractivity contribution >= 4 is 17.4 Å². The second-order valence-corrected chi connectivity index (χ2v) is 8.67. The van der Waals surface area contributed by atoms with Gasteiger partial charge in [0.15, 0.2) is 0 Å². The number of phenolic OH excluding ortho intramolecular Hbond substituents is 1. The molecule has 7 nitrogen and oxygen atoms in total. The van der Waals surface area contributed by atoms with Crippen LogP contribution in [0.2, 0.25) is 0 Å². The van der Waals surface area contributed by atoms with Gasteiger partial charge in [0.2, 0.25) is 0 Å². The van der Waals surface area contributed by atoms with Gasteiger partial charge in [-0.3, -0.25) is 9.59 Å². The Morgan fingerprint density at radius 2 is 1.91 bits per heavy atom. The molecule has 0 saturated carbocycles. The van der Waals surface area contributed by atoms with Gasteiger partial charge in [-0.1, -0.05) is 26.0 Å². The Morgan fingerprint density at radius 3 is 2.53 bits per heavy atom. The number of aliphatic hydroxyl groups is 1. The zero-order chi connectivity index (χ0) is 24.6. The molecule has 1 aliphatic rings. The number of Topliss-reactive ketones (excluding diaryl/α,β-unsaturated/α-hetero) is 1. The molecule has 1 unspecified atom stereocenters. The number of nitrogens with zero attached hydrogens (tertiary/aromatic N) is 1. The van der Waals surface area contributed by atoms with Crippen LogP contribution in [0.1, 0.15) is 53.8 Å². The van der Waals surface area contributed by atoms with Crippen LogP contribution in [0, 0.1) is 6.92 Å². The lowest BCUT2D eigenvalue weighted by molar-refractivity contribution is -0.140. The van der Waals surface area contributed by atoms with E-state index >= 15 is 0 Å². The third-order valence-electron chi connectivity index (χ3n) is 6.09. The summed E-state index contributed by atoms with van der Waals surface area (Å²) in [5.41, 5.74) is 2.48. The minimum Gasteiger partial charge on any atom is -0.508 e. The number of methoxy groups -OCH3 is 1. The van der Waals surface area contributed by atoms with Gasteiger partial charge in [-0.2, -0.15) is 0 Å². The van der Waals surface area contributed by atoms with Crippen LogP contribution in [0.25, 0.3) is 5.76 Å². The molecule has 1 saturated heterocycles. The molecule has 1 atom stereocenters. The fourth-order valence-corrected chi connectivity index (χ4v) is 4.38. The predicted molar refractivity (Wildman–Crippen MR) is 126 cm³/mol. The van der Waals surface area contributed by atoms with E-state index in [0.717, 1.165) is 5.56 Å².